The fraction of sp³-hybridized carbons (Fsp3) is 0.108. The molecule has 0 fully saturated rings. The molecule has 0 unspecified atom stereocenters. The van der Waals surface area contributed by atoms with Crippen LogP contribution in [-0.2, 0) is 42.7 Å². The minimum atomic E-state index is -0.874. The van der Waals surface area contributed by atoms with Crippen molar-refractivity contribution in [1.82, 2.24) is 9.97 Å². The second-order valence-corrected chi connectivity index (χ2v) is 19.4. The largest absolute Gasteiger partial charge is 2.00 e. The van der Waals surface area contributed by atoms with Crippen LogP contribution >= 0.6 is 0 Å². The van der Waals surface area contributed by atoms with Gasteiger partial charge in [-0.1, -0.05) is 172 Å². The van der Waals surface area contributed by atoms with Crippen LogP contribution in [0.2, 0.25) is 0 Å². The molecule has 0 saturated carbocycles. The summed E-state index contributed by atoms with van der Waals surface area (Å²) in [6, 6.07) is 88.1. The Morgan fingerprint density at radius 3 is 1.09 bits per heavy atom. The van der Waals surface area contributed by atoms with E-state index in [1.54, 1.807) is 0 Å². The molecule has 3 aliphatic rings. The van der Waals surface area contributed by atoms with Crippen LogP contribution in [0.25, 0.3) is 33.4 Å². The first kappa shape index (κ1) is 42.1. The fourth-order valence-electron chi connectivity index (χ4n) is 12.3. The second-order valence-electron chi connectivity index (χ2n) is 19.4. The first-order valence-electron chi connectivity index (χ1n) is 23.4. The number of hydrogen-bond donors (Lipinski definition) is 0. The molecule has 2 aromatic heterocycles. The molecule has 0 spiro atoms. The number of aromatic nitrogens is 2. The average molecular weight is 1050 g/mol. The van der Waals surface area contributed by atoms with Gasteiger partial charge in [0, 0.05) is 6.20 Å². The molecule has 13 rings (SSSR count). The van der Waals surface area contributed by atoms with Crippen LogP contribution in [0.15, 0.2) is 225 Å². The Morgan fingerprint density at radius 2 is 0.721 bits per heavy atom. The molecule has 3 heteroatoms. The molecule has 326 valence electrons. The zero-order chi connectivity index (χ0) is 45.0. The van der Waals surface area contributed by atoms with Crippen molar-refractivity contribution in [2.75, 3.05) is 0 Å². The minimum absolute atomic E-state index is 0. The van der Waals surface area contributed by atoms with Crippen molar-refractivity contribution in [2.45, 2.75) is 42.4 Å². The van der Waals surface area contributed by atoms with E-state index in [2.05, 4.69) is 245 Å². The number of pyridine rings is 2. The molecule has 2 heterocycles. The molecule has 0 atom stereocenters. The molecule has 0 bridgehead atoms. The normalized spacial score (nSPS) is 14.9. The molecule has 0 aliphatic heterocycles. The van der Waals surface area contributed by atoms with Gasteiger partial charge in [0.15, 0.2) is 0 Å². The third kappa shape index (κ3) is 5.62. The number of nitrogens with zero attached hydrogens (tertiary/aromatic N) is 2. The summed E-state index contributed by atoms with van der Waals surface area (Å²) in [4.78, 5) is 11.4. The predicted molar refractivity (Wildman–Crippen MR) is 270 cm³/mol. The topological polar surface area (TPSA) is 25.8 Å². The molecule has 0 saturated heterocycles. The second kappa shape index (κ2) is 15.7. The standard InChI is InChI=1S/C65H46N2.Pt/c1-62(2,3)46-41-60(63(43-22-5-4-6-23-43)53-32-13-7-26-47(53)48-27-8-14-33-54(48)63)67-61(42-46)65(57-36-17-11-30-51(57)52-31-12-18-37-58(52)65)45-25-21-24-44(40-45)64(59-38-19-20-39-66-59)55-34-15-9-28-49(55)50-29-10-16-35-56(50)64;/h4-22,24-39,41-42H,1-3H3;/q-2;+2. The van der Waals surface area contributed by atoms with E-state index in [1.165, 1.54) is 72.3 Å². The van der Waals surface area contributed by atoms with Gasteiger partial charge in [-0.05, 0) is 102 Å². The molecule has 8 aromatic carbocycles. The van der Waals surface area contributed by atoms with Crippen LogP contribution in [0.5, 0.6) is 0 Å². The van der Waals surface area contributed by atoms with Crippen LogP contribution in [0.1, 0.15) is 93.5 Å². The smallest absolute Gasteiger partial charge is 0.260 e. The molecule has 0 radical (unpaired) electrons. The van der Waals surface area contributed by atoms with E-state index in [4.69, 9.17) is 9.97 Å². The van der Waals surface area contributed by atoms with Gasteiger partial charge < -0.3 is 0 Å². The van der Waals surface area contributed by atoms with Gasteiger partial charge in [0.05, 0.1) is 33.3 Å². The predicted octanol–water partition coefficient (Wildman–Crippen LogP) is 14.5. The summed E-state index contributed by atoms with van der Waals surface area (Å²) in [6.07, 6.45) is 1.93. The fourth-order valence-corrected chi connectivity index (χ4v) is 12.3. The number of hydrogen-bond acceptors (Lipinski definition) is 2. The summed E-state index contributed by atoms with van der Waals surface area (Å²) in [5.74, 6) is 0. The molecular weight excluding hydrogens is 1000 g/mol. The zero-order valence-electron chi connectivity index (χ0n) is 38.1. The van der Waals surface area contributed by atoms with Gasteiger partial charge in [-0.15, -0.1) is 16.7 Å². The van der Waals surface area contributed by atoms with Crippen LogP contribution < -0.4 is 0 Å². The Balaban J connectivity index is 0.00000480. The van der Waals surface area contributed by atoms with Crippen molar-refractivity contribution >= 4 is 0 Å². The minimum Gasteiger partial charge on any atom is -0.260 e. The monoisotopic (exact) mass is 1050 g/mol. The Bertz CT molecular complexity index is 3450. The van der Waals surface area contributed by atoms with Crippen molar-refractivity contribution in [2.24, 2.45) is 0 Å². The first-order valence-corrected chi connectivity index (χ1v) is 23.4. The Morgan fingerprint density at radius 1 is 0.368 bits per heavy atom. The van der Waals surface area contributed by atoms with Crippen molar-refractivity contribution in [1.29, 1.82) is 0 Å². The van der Waals surface area contributed by atoms with Gasteiger partial charge in [-0.3, -0.25) is 9.97 Å². The van der Waals surface area contributed by atoms with E-state index in [0.717, 1.165) is 33.8 Å². The summed E-state index contributed by atoms with van der Waals surface area (Å²) < 4.78 is 0. The molecule has 0 amide bonds. The Hall–Kier alpha value is -7.25. The van der Waals surface area contributed by atoms with Gasteiger partial charge in [0.1, 0.15) is 0 Å². The third-order valence-electron chi connectivity index (χ3n) is 15.1. The molecule has 0 N–H and O–H groups in total. The number of fused-ring (bicyclic) bond motifs is 9. The van der Waals surface area contributed by atoms with Gasteiger partial charge in [-0.25, -0.2) is 0 Å². The van der Waals surface area contributed by atoms with Crippen LogP contribution in [0, 0.1) is 12.1 Å². The summed E-state index contributed by atoms with van der Waals surface area (Å²) in [7, 11) is 0. The maximum atomic E-state index is 6.23. The van der Waals surface area contributed by atoms with Crippen molar-refractivity contribution in [3.8, 4) is 33.4 Å². The summed E-state index contributed by atoms with van der Waals surface area (Å²) in [5.41, 5.74) is 19.2. The Kier molecular flexibility index (Phi) is 9.70. The quantitative estimate of drug-likeness (QED) is 0.155. The van der Waals surface area contributed by atoms with E-state index < -0.39 is 16.2 Å². The maximum absolute atomic E-state index is 6.23. The average Bonchev–Trinajstić information content (AvgIpc) is 3.98. The van der Waals surface area contributed by atoms with Crippen molar-refractivity contribution < 1.29 is 21.1 Å². The van der Waals surface area contributed by atoms with E-state index in [1.807, 2.05) is 12.3 Å². The van der Waals surface area contributed by atoms with Crippen LogP contribution in [-0.4, -0.2) is 9.97 Å². The number of rotatable bonds is 6. The van der Waals surface area contributed by atoms with Gasteiger partial charge in [0.25, 0.3) is 0 Å². The van der Waals surface area contributed by atoms with Crippen LogP contribution in [0.3, 0.4) is 0 Å². The molecule has 68 heavy (non-hydrogen) atoms. The number of benzene rings is 8. The van der Waals surface area contributed by atoms with Crippen LogP contribution in [0.4, 0.5) is 0 Å². The molecule has 2 nitrogen and oxygen atoms in total. The summed E-state index contributed by atoms with van der Waals surface area (Å²) >= 11 is 0. The van der Waals surface area contributed by atoms with Gasteiger partial charge >= 0.3 is 21.1 Å². The Labute approximate surface area is 413 Å². The SMILES string of the molecule is CC(C)(C)c1cc(C2(c3[c-]cccc3)c3ccccc3-c3ccccc32)nc(C2(c3[c-]c(C4(c5ccccn5)c5ccccc5-c5ccccc54)ccc3)c3ccccc3-c3ccccc32)c1.[Pt+2]. The zero-order valence-corrected chi connectivity index (χ0v) is 40.3. The molecular formula is C65H46N2Pt. The van der Waals surface area contributed by atoms with Crippen molar-refractivity contribution in [3.63, 3.8) is 0 Å². The molecule has 10 aromatic rings. The third-order valence-corrected chi connectivity index (χ3v) is 15.1. The van der Waals surface area contributed by atoms with E-state index in [9.17, 15) is 0 Å². The maximum Gasteiger partial charge on any atom is 2.00 e. The van der Waals surface area contributed by atoms with Crippen molar-refractivity contribution in [3.05, 3.63) is 309 Å². The van der Waals surface area contributed by atoms with E-state index >= 15 is 0 Å². The summed E-state index contributed by atoms with van der Waals surface area (Å²) in [6.45, 7) is 6.99. The summed E-state index contributed by atoms with van der Waals surface area (Å²) in [5, 5.41) is 0. The van der Waals surface area contributed by atoms with E-state index in [0.29, 0.717) is 0 Å². The van der Waals surface area contributed by atoms with E-state index in [-0.39, 0.29) is 26.5 Å². The molecule has 3 aliphatic carbocycles. The van der Waals surface area contributed by atoms with Gasteiger partial charge in [-0.2, -0.15) is 54.6 Å². The first-order chi connectivity index (χ1) is 32.9. The van der Waals surface area contributed by atoms with Gasteiger partial charge in [0.2, 0.25) is 0 Å².